The fraction of sp³-hybridized carbons (Fsp3) is 0.769. The van der Waals surface area contributed by atoms with Gasteiger partial charge in [0, 0.05) is 24.4 Å². The minimum absolute atomic E-state index is 0.552. The zero-order chi connectivity index (χ0) is 10.8. The van der Waals surface area contributed by atoms with Gasteiger partial charge in [-0.3, -0.25) is 0 Å². The molecular formula is C13H20N2O. The molecule has 1 saturated carbocycles. The molecule has 1 N–H and O–H groups in total. The number of hydrogen-bond acceptors (Lipinski definition) is 3. The first-order valence-corrected chi connectivity index (χ1v) is 6.61. The number of rotatable bonds is 2. The van der Waals surface area contributed by atoms with Gasteiger partial charge in [0.2, 0.25) is 0 Å². The maximum atomic E-state index is 5.53. The molecule has 2 aliphatic rings. The standard InChI is InChI=1S/C13H20N2O/c1-2-5-10(4-1)12-8-13(16-15-12)11-6-3-7-14-9-11/h8,10-11,14H,1-7,9H2. The Kier molecular flexibility index (Phi) is 2.96. The van der Waals surface area contributed by atoms with Crippen molar-refractivity contribution < 1.29 is 4.52 Å². The van der Waals surface area contributed by atoms with E-state index in [0.29, 0.717) is 11.8 Å². The van der Waals surface area contributed by atoms with Crippen molar-refractivity contribution >= 4 is 0 Å². The summed E-state index contributed by atoms with van der Waals surface area (Å²) in [5.74, 6) is 2.33. The van der Waals surface area contributed by atoms with Gasteiger partial charge in [-0.15, -0.1) is 0 Å². The summed E-state index contributed by atoms with van der Waals surface area (Å²) in [5, 5.41) is 7.69. The first kappa shape index (κ1) is 10.3. The van der Waals surface area contributed by atoms with Crippen molar-refractivity contribution in [3.05, 3.63) is 17.5 Å². The van der Waals surface area contributed by atoms with Gasteiger partial charge >= 0.3 is 0 Å². The van der Waals surface area contributed by atoms with Crippen molar-refractivity contribution in [3.63, 3.8) is 0 Å². The van der Waals surface area contributed by atoms with Gasteiger partial charge in [-0.05, 0) is 32.2 Å². The Balaban J connectivity index is 1.71. The highest BCUT2D eigenvalue weighted by atomic mass is 16.5. The molecule has 1 unspecified atom stereocenters. The largest absolute Gasteiger partial charge is 0.361 e. The highest BCUT2D eigenvalue weighted by molar-refractivity contribution is 5.15. The van der Waals surface area contributed by atoms with Crippen LogP contribution in [0, 0.1) is 0 Å². The van der Waals surface area contributed by atoms with Crippen molar-refractivity contribution in [1.29, 1.82) is 0 Å². The summed E-state index contributed by atoms with van der Waals surface area (Å²) >= 11 is 0. The molecule has 0 spiro atoms. The molecule has 1 aliphatic heterocycles. The van der Waals surface area contributed by atoms with Gasteiger partial charge < -0.3 is 9.84 Å². The lowest BCUT2D eigenvalue weighted by Crippen LogP contribution is -2.28. The molecule has 0 amide bonds. The fourth-order valence-corrected chi connectivity index (χ4v) is 3.00. The van der Waals surface area contributed by atoms with Crippen LogP contribution in [-0.2, 0) is 0 Å². The third kappa shape index (κ3) is 2.01. The molecule has 3 heteroatoms. The second-order valence-corrected chi connectivity index (χ2v) is 5.18. The topological polar surface area (TPSA) is 38.1 Å². The summed E-state index contributed by atoms with van der Waals surface area (Å²) in [6, 6.07) is 2.22. The van der Waals surface area contributed by atoms with Crippen LogP contribution in [0.3, 0.4) is 0 Å². The molecule has 0 radical (unpaired) electrons. The molecule has 1 aromatic rings. The number of nitrogens with one attached hydrogen (secondary N) is 1. The van der Waals surface area contributed by atoms with Gasteiger partial charge in [-0.1, -0.05) is 18.0 Å². The highest BCUT2D eigenvalue weighted by Gasteiger charge is 2.24. The first-order chi connectivity index (χ1) is 7.93. The van der Waals surface area contributed by atoms with Crippen LogP contribution in [0.15, 0.2) is 10.6 Å². The van der Waals surface area contributed by atoms with Gasteiger partial charge in [-0.25, -0.2) is 0 Å². The van der Waals surface area contributed by atoms with Crippen LogP contribution in [-0.4, -0.2) is 18.2 Å². The maximum Gasteiger partial charge on any atom is 0.141 e. The normalized spacial score (nSPS) is 27.4. The Hall–Kier alpha value is -0.830. The smallest absolute Gasteiger partial charge is 0.141 e. The lowest BCUT2D eigenvalue weighted by Gasteiger charge is -2.19. The van der Waals surface area contributed by atoms with Crippen molar-refractivity contribution in [1.82, 2.24) is 10.5 Å². The van der Waals surface area contributed by atoms with E-state index in [1.165, 1.54) is 44.2 Å². The zero-order valence-electron chi connectivity index (χ0n) is 9.74. The highest BCUT2D eigenvalue weighted by Crippen LogP contribution is 2.35. The predicted octanol–water partition coefficient (Wildman–Crippen LogP) is 2.80. The van der Waals surface area contributed by atoms with E-state index < -0.39 is 0 Å². The van der Waals surface area contributed by atoms with Crippen LogP contribution >= 0.6 is 0 Å². The minimum Gasteiger partial charge on any atom is -0.361 e. The second kappa shape index (κ2) is 4.58. The average Bonchev–Trinajstić information content (AvgIpc) is 3.01. The monoisotopic (exact) mass is 220 g/mol. The quantitative estimate of drug-likeness (QED) is 0.832. The van der Waals surface area contributed by atoms with Crippen molar-refractivity contribution in [2.45, 2.75) is 50.4 Å². The molecule has 0 aromatic carbocycles. The molecule has 1 aliphatic carbocycles. The molecular weight excluding hydrogens is 200 g/mol. The maximum absolute atomic E-state index is 5.53. The molecule has 0 bridgehead atoms. The third-order valence-corrected chi connectivity index (χ3v) is 4.02. The second-order valence-electron chi connectivity index (χ2n) is 5.18. The van der Waals surface area contributed by atoms with Crippen molar-refractivity contribution in [2.75, 3.05) is 13.1 Å². The molecule has 16 heavy (non-hydrogen) atoms. The van der Waals surface area contributed by atoms with Crippen LogP contribution in [0.4, 0.5) is 0 Å². The molecule has 2 fully saturated rings. The lowest BCUT2D eigenvalue weighted by molar-refractivity contribution is 0.324. The molecule has 3 nitrogen and oxygen atoms in total. The summed E-state index contributed by atoms with van der Waals surface area (Å²) in [6.45, 7) is 2.21. The lowest BCUT2D eigenvalue weighted by atomic mass is 9.95. The molecule has 1 saturated heterocycles. The fourth-order valence-electron chi connectivity index (χ4n) is 3.00. The first-order valence-electron chi connectivity index (χ1n) is 6.61. The van der Waals surface area contributed by atoms with E-state index in [4.69, 9.17) is 4.52 Å². The van der Waals surface area contributed by atoms with E-state index in [0.717, 1.165) is 18.8 Å². The molecule has 3 rings (SSSR count). The van der Waals surface area contributed by atoms with E-state index in [1.54, 1.807) is 0 Å². The average molecular weight is 220 g/mol. The molecule has 88 valence electrons. The number of hydrogen-bond donors (Lipinski definition) is 1. The Morgan fingerprint density at radius 3 is 2.69 bits per heavy atom. The number of nitrogens with zero attached hydrogens (tertiary/aromatic N) is 1. The third-order valence-electron chi connectivity index (χ3n) is 4.02. The van der Waals surface area contributed by atoms with Gasteiger partial charge in [0.15, 0.2) is 0 Å². The van der Waals surface area contributed by atoms with Crippen LogP contribution in [0.5, 0.6) is 0 Å². The van der Waals surface area contributed by atoms with E-state index in [9.17, 15) is 0 Å². The zero-order valence-corrected chi connectivity index (χ0v) is 9.74. The minimum atomic E-state index is 0.552. The van der Waals surface area contributed by atoms with Gasteiger partial charge in [0.05, 0.1) is 5.69 Å². The van der Waals surface area contributed by atoms with Crippen molar-refractivity contribution in [3.8, 4) is 0 Å². The Labute approximate surface area is 96.6 Å². The molecule has 2 heterocycles. The van der Waals surface area contributed by atoms with Gasteiger partial charge in [-0.2, -0.15) is 0 Å². The SMILES string of the molecule is c1c(C2CCCC2)noc1C1CCCNC1. The van der Waals surface area contributed by atoms with E-state index in [2.05, 4.69) is 16.5 Å². The Bertz CT molecular complexity index is 335. The Morgan fingerprint density at radius 2 is 1.94 bits per heavy atom. The van der Waals surface area contributed by atoms with Crippen molar-refractivity contribution in [2.24, 2.45) is 0 Å². The van der Waals surface area contributed by atoms with Gasteiger partial charge in [0.1, 0.15) is 5.76 Å². The molecule has 1 aromatic heterocycles. The van der Waals surface area contributed by atoms with E-state index in [-0.39, 0.29) is 0 Å². The predicted molar refractivity (Wildman–Crippen MR) is 62.6 cm³/mol. The van der Waals surface area contributed by atoms with Crippen LogP contribution < -0.4 is 5.32 Å². The summed E-state index contributed by atoms with van der Waals surface area (Å²) < 4.78 is 5.53. The van der Waals surface area contributed by atoms with Crippen LogP contribution in [0.1, 0.15) is 61.8 Å². The Morgan fingerprint density at radius 1 is 1.12 bits per heavy atom. The summed E-state index contributed by atoms with van der Waals surface area (Å²) in [5.41, 5.74) is 1.21. The number of aromatic nitrogens is 1. The van der Waals surface area contributed by atoms with E-state index in [1.807, 2.05) is 0 Å². The summed E-state index contributed by atoms with van der Waals surface area (Å²) in [7, 11) is 0. The van der Waals surface area contributed by atoms with Gasteiger partial charge in [0.25, 0.3) is 0 Å². The summed E-state index contributed by atoms with van der Waals surface area (Å²) in [4.78, 5) is 0. The number of piperidine rings is 1. The van der Waals surface area contributed by atoms with Crippen LogP contribution in [0.25, 0.3) is 0 Å². The van der Waals surface area contributed by atoms with E-state index >= 15 is 0 Å². The van der Waals surface area contributed by atoms with Crippen LogP contribution in [0.2, 0.25) is 0 Å². The summed E-state index contributed by atoms with van der Waals surface area (Å²) in [6.07, 6.45) is 7.82. The molecule has 1 atom stereocenters.